The monoisotopic (exact) mass is 388 g/mol. The van der Waals surface area contributed by atoms with E-state index in [0.29, 0.717) is 23.7 Å². The lowest BCUT2D eigenvalue weighted by Gasteiger charge is -2.31. The Morgan fingerprint density at radius 1 is 1.00 bits per heavy atom. The fourth-order valence-electron chi connectivity index (χ4n) is 3.32. The van der Waals surface area contributed by atoms with Crippen molar-refractivity contribution in [2.75, 3.05) is 13.1 Å². The number of halogens is 1. The molecular weight excluding hydrogens is 371 g/mol. The highest BCUT2D eigenvalue weighted by Gasteiger charge is 2.31. The second-order valence-electron chi connectivity index (χ2n) is 6.45. The van der Waals surface area contributed by atoms with Gasteiger partial charge in [-0.15, -0.1) is 5.10 Å². The van der Waals surface area contributed by atoms with Crippen LogP contribution < -0.4 is 5.56 Å². The number of benzene rings is 2. The zero-order chi connectivity index (χ0) is 19.0. The lowest BCUT2D eigenvalue weighted by molar-refractivity contribution is 0.251. The summed E-state index contributed by atoms with van der Waals surface area (Å²) >= 11 is 0. The molecule has 0 spiro atoms. The predicted molar refractivity (Wildman–Crippen MR) is 97.2 cm³/mol. The van der Waals surface area contributed by atoms with Crippen LogP contribution in [0.5, 0.6) is 0 Å². The van der Waals surface area contributed by atoms with Crippen LogP contribution >= 0.6 is 0 Å². The Bertz CT molecular complexity index is 1140. The summed E-state index contributed by atoms with van der Waals surface area (Å²) in [5.41, 5.74) is 0.315. The van der Waals surface area contributed by atoms with Crippen molar-refractivity contribution in [2.24, 2.45) is 0 Å². The highest BCUT2D eigenvalue weighted by Crippen LogP contribution is 2.26. The van der Waals surface area contributed by atoms with Crippen LogP contribution in [0.25, 0.3) is 10.9 Å². The van der Waals surface area contributed by atoms with E-state index in [2.05, 4.69) is 10.3 Å². The van der Waals surface area contributed by atoms with Gasteiger partial charge in [-0.25, -0.2) is 17.5 Å². The van der Waals surface area contributed by atoms with Crippen LogP contribution in [0, 0.1) is 5.82 Å². The lowest BCUT2D eigenvalue weighted by atomic mass is 10.1. The van der Waals surface area contributed by atoms with Gasteiger partial charge in [0.2, 0.25) is 10.0 Å². The van der Waals surface area contributed by atoms with Crippen LogP contribution in [-0.2, 0) is 10.0 Å². The molecule has 0 aliphatic carbocycles. The zero-order valence-electron chi connectivity index (χ0n) is 14.3. The largest absolute Gasteiger partial charge is 0.277 e. The molecule has 0 bridgehead atoms. The van der Waals surface area contributed by atoms with E-state index in [1.54, 1.807) is 24.3 Å². The summed E-state index contributed by atoms with van der Waals surface area (Å²) in [6, 6.07) is 11.6. The van der Waals surface area contributed by atoms with Gasteiger partial charge in [0.1, 0.15) is 11.3 Å². The van der Waals surface area contributed by atoms with Crippen molar-refractivity contribution >= 4 is 20.9 Å². The smallest absolute Gasteiger partial charge is 0.267 e. The number of hydrogen-bond acceptors (Lipinski definition) is 5. The van der Waals surface area contributed by atoms with Gasteiger partial charge in [-0.3, -0.25) is 4.79 Å². The number of nitrogens with zero attached hydrogens (tertiary/aromatic N) is 4. The molecule has 1 aliphatic heterocycles. The second kappa shape index (κ2) is 6.82. The van der Waals surface area contributed by atoms with E-state index in [1.807, 2.05) is 0 Å². The minimum atomic E-state index is -3.69. The van der Waals surface area contributed by atoms with Crippen molar-refractivity contribution in [1.29, 1.82) is 0 Å². The van der Waals surface area contributed by atoms with Crippen molar-refractivity contribution in [3.8, 4) is 0 Å². The molecule has 2 heterocycles. The van der Waals surface area contributed by atoms with E-state index in [0.717, 1.165) is 12.1 Å². The van der Waals surface area contributed by atoms with Crippen molar-refractivity contribution in [1.82, 2.24) is 19.3 Å². The third-order valence-electron chi connectivity index (χ3n) is 4.81. The number of aromatic nitrogens is 3. The van der Waals surface area contributed by atoms with E-state index < -0.39 is 15.8 Å². The number of sulfonamides is 1. The molecule has 0 radical (unpaired) electrons. The molecule has 0 amide bonds. The Balaban J connectivity index is 1.55. The summed E-state index contributed by atoms with van der Waals surface area (Å²) in [6.45, 7) is 0.511. The van der Waals surface area contributed by atoms with Gasteiger partial charge in [0.05, 0.1) is 16.3 Å². The third kappa shape index (κ3) is 3.24. The molecule has 0 saturated carbocycles. The maximum atomic E-state index is 13.1. The molecule has 7 nitrogen and oxygen atoms in total. The average molecular weight is 388 g/mol. The summed E-state index contributed by atoms with van der Waals surface area (Å²) in [5, 5.41) is 8.61. The van der Waals surface area contributed by atoms with Gasteiger partial charge in [0, 0.05) is 13.1 Å². The predicted octanol–water partition coefficient (Wildman–Crippen LogP) is 1.96. The van der Waals surface area contributed by atoms with Crippen LogP contribution in [0.4, 0.5) is 4.39 Å². The Morgan fingerprint density at radius 2 is 1.67 bits per heavy atom. The minimum Gasteiger partial charge on any atom is -0.267 e. The van der Waals surface area contributed by atoms with Gasteiger partial charge in [-0.2, -0.15) is 4.31 Å². The number of hydrogen-bond donors (Lipinski definition) is 0. The van der Waals surface area contributed by atoms with Crippen LogP contribution in [0.15, 0.2) is 58.2 Å². The normalized spacial score (nSPS) is 16.6. The lowest BCUT2D eigenvalue weighted by Crippen LogP contribution is -2.41. The molecule has 9 heteroatoms. The number of rotatable bonds is 3. The van der Waals surface area contributed by atoms with Crippen LogP contribution in [0.1, 0.15) is 18.9 Å². The first-order chi connectivity index (χ1) is 13.0. The van der Waals surface area contributed by atoms with E-state index in [-0.39, 0.29) is 29.6 Å². The van der Waals surface area contributed by atoms with Gasteiger partial charge in [0.25, 0.3) is 5.56 Å². The summed E-state index contributed by atoms with van der Waals surface area (Å²) in [7, 11) is -3.69. The van der Waals surface area contributed by atoms with Gasteiger partial charge in [0.15, 0.2) is 0 Å². The van der Waals surface area contributed by atoms with Crippen molar-refractivity contribution in [3.63, 3.8) is 0 Å². The van der Waals surface area contributed by atoms with Crippen LogP contribution in [-0.4, -0.2) is 40.8 Å². The molecule has 27 heavy (non-hydrogen) atoms. The van der Waals surface area contributed by atoms with Crippen LogP contribution in [0.2, 0.25) is 0 Å². The Hall–Kier alpha value is -2.65. The molecule has 1 fully saturated rings. The molecule has 0 N–H and O–H groups in total. The molecular formula is C18H17FN4O3S. The summed E-state index contributed by atoms with van der Waals surface area (Å²) < 4.78 is 41.1. The van der Waals surface area contributed by atoms with E-state index in [4.69, 9.17) is 0 Å². The molecule has 2 aromatic carbocycles. The standard InChI is InChI=1S/C18H17FN4O3S/c19-13-5-7-15(8-6-13)27(25,26)22-11-9-14(10-12-22)23-18(24)16-3-1-2-4-17(16)20-21-23/h1-8,14H,9-12H2. The molecule has 0 unspecified atom stereocenters. The number of fused-ring (bicyclic) bond motifs is 1. The molecule has 140 valence electrons. The Morgan fingerprint density at radius 3 is 2.37 bits per heavy atom. The SMILES string of the molecule is O=c1c2ccccc2nnn1C1CCN(S(=O)(=O)c2ccc(F)cc2)CC1. The fraction of sp³-hybridized carbons (Fsp3) is 0.278. The van der Waals surface area contributed by atoms with Gasteiger partial charge < -0.3 is 0 Å². The summed E-state index contributed by atoms with van der Waals surface area (Å²) in [6.07, 6.45) is 0.903. The third-order valence-corrected chi connectivity index (χ3v) is 6.72. The van der Waals surface area contributed by atoms with E-state index in [9.17, 15) is 17.6 Å². The van der Waals surface area contributed by atoms with E-state index >= 15 is 0 Å². The van der Waals surface area contributed by atoms with Crippen molar-refractivity contribution < 1.29 is 12.8 Å². The highest BCUT2D eigenvalue weighted by atomic mass is 32.2. The maximum Gasteiger partial charge on any atom is 0.277 e. The maximum absolute atomic E-state index is 13.1. The fourth-order valence-corrected chi connectivity index (χ4v) is 4.79. The first-order valence-electron chi connectivity index (χ1n) is 8.57. The second-order valence-corrected chi connectivity index (χ2v) is 8.38. The van der Waals surface area contributed by atoms with Gasteiger partial charge in [-0.05, 0) is 49.2 Å². The number of piperidine rings is 1. The van der Waals surface area contributed by atoms with Crippen molar-refractivity contribution in [3.05, 3.63) is 64.7 Å². The first kappa shape index (κ1) is 17.7. The van der Waals surface area contributed by atoms with Gasteiger partial charge in [-0.1, -0.05) is 17.3 Å². The van der Waals surface area contributed by atoms with Crippen LogP contribution in [0.3, 0.4) is 0 Å². The summed E-state index contributed by atoms with van der Waals surface area (Å²) in [4.78, 5) is 12.7. The summed E-state index contributed by atoms with van der Waals surface area (Å²) in [5.74, 6) is -0.484. The molecule has 0 atom stereocenters. The molecule has 4 rings (SSSR count). The van der Waals surface area contributed by atoms with E-state index in [1.165, 1.54) is 21.1 Å². The average Bonchev–Trinajstić information content (AvgIpc) is 2.69. The zero-order valence-corrected chi connectivity index (χ0v) is 15.1. The topological polar surface area (TPSA) is 85.2 Å². The first-order valence-corrected chi connectivity index (χ1v) is 10.0. The molecule has 1 saturated heterocycles. The Kier molecular flexibility index (Phi) is 4.48. The van der Waals surface area contributed by atoms with Crippen molar-refractivity contribution in [2.45, 2.75) is 23.8 Å². The molecule has 1 aliphatic rings. The molecule has 1 aromatic heterocycles. The molecule has 3 aromatic rings. The minimum absolute atomic E-state index is 0.0602. The quantitative estimate of drug-likeness (QED) is 0.685. The highest BCUT2D eigenvalue weighted by molar-refractivity contribution is 7.89. The van der Waals surface area contributed by atoms with Gasteiger partial charge >= 0.3 is 0 Å². The Labute approximate surface area is 155 Å².